The van der Waals surface area contributed by atoms with Gasteiger partial charge in [-0.15, -0.1) is 0 Å². The lowest BCUT2D eigenvalue weighted by molar-refractivity contribution is -0.111. The molecule has 1 aliphatic heterocycles. The fourth-order valence-electron chi connectivity index (χ4n) is 4.18. The van der Waals surface area contributed by atoms with Crippen LogP contribution in [0.4, 0.5) is 21.7 Å². The van der Waals surface area contributed by atoms with Gasteiger partial charge in [-0.3, -0.25) is 9.78 Å². The van der Waals surface area contributed by atoms with Gasteiger partial charge >= 0.3 is 0 Å². The van der Waals surface area contributed by atoms with Crippen LogP contribution in [0, 0.1) is 5.82 Å². The highest BCUT2D eigenvalue weighted by Crippen LogP contribution is 2.32. The summed E-state index contributed by atoms with van der Waals surface area (Å²) >= 11 is 0. The number of likely N-dealkylation sites (N-methyl/N-ethyl adjacent to an activating group) is 1. The van der Waals surface area contributed by atoms with Crippen molar-refractivity contribution in [3.05, 3.63) is 79.4 Å². The van der Waals surface area contributed by atoms with Gasteiger partial charge in [-0.25, -0.2) is 14.4 Å². The molecule has 36 heavy (non-hydrogen) atoms. The zero-order valence-electron chi connectivity index (χ0n) is 19.7. The van der Waals surface area contributed by atoms with Crippen LogP contribution >= 0.6 is 0 Å². The number of rotatable bonds is 7. The lowest BCUT2D eigenvalue weighted by Crippen LogP contribution is -2.22. The quantitative estimate of drug-likeness (QED) is 0.365. The second kappa shape index (κ2) is 10.1. The number of ether oxygens (including phenoxy) is 1. The Kier molecular flexibility index (Phi) is 6.55. The largest absolute Gasteiger partial charge is 0.487 e. The summed E-state index contributed by atoms with van der Waals surface area (Å²) in [6, 6.07) is 13.5. The summed E-state index contributed by atoms with van der Waals surface area (Å²) in [7, 11) is 2.05. The van der Waals surface area contributed by atoms with Crippen molar-refractivity contribution < 1.29 is 13.9 Å². The highest BCUT2D eigenvalue weighted by molar-refractivity contribution is 6.00. The zero-order chi connectivity index (χ0) is 25.1. The van der Waals surface area contributed by atoms with Gasteiger partial charge in [0.15, 0.2) is 0 Å². The fraction of sp³-hybridized carbons (Fsp3) is 0.185. The minimum absolute atomic E-state index is 0.0470. The second-order valence-corrected chi connectivity index (χ2v) is 8.62. The van der Waals surface area contributed by atoms with Crippen molar-refractivity contribution in [1.82, 2.24) is 19.9 Å². The van der Waals surface area contributed by atoms with Crippen molar-refractivity contribution in [3.8, 4) is 16.9 Å². The molecule has 1 fully saturated rings. The van der Waals surface area contributed by atoms with Gasteiger partial charge in [0.2, 0.25) is 11.9 Å². The first-order valence-electron chi connectivity index (χ1n) is 11.6. The summed E-state index contributed by atoms with van der Waals surface area (Å²) in [5.41, 5.74) is 3.79. The Morgan fingerprint density at radius 1 is 1.22 bits per heavy atom. The van der Waals surface area contributed by atoms with Gasteiger partial charge in [0.1, 0.15) is 28.7 Å². The van der Waals surface area contributed by atoms with Crippen molar-refractivity contribution in [2.75, 3.05) is 30.8 Å². The molecular weight excluding hydrogens is 459 g/mol. The molecule has 4 aromatic rings. The van der Waals surface area contributed by atoms with E-state index in [4.69, 9.17) is 4.74 Å². The standard InChI is InChI=1S/C27H25FN6O2/c1-3-25(35)32-22-14-19(7-8-24(22)36-20-10-12-34(2)16-20)31-27-30-15-23-26(33-27)21(9-11-29-23)17-5-4-6-18(28)13-17/h3-9,11,13-15,20H,1,10,12,16H2,2H3,(H,32,35)(H,30,31,33). The SMILES string of the molecule is C=CC(=O)Nc1cc(Nc2ncc3nccc(-c4cccc(F)c4)c3n2)ccc1OC1CCN(C)C1. The van der Waals surface area contributed by atoms with Crippen molar-refractivity contribution in [2.45, 2.75) is 12.5 Å². The molecule has 0 saturated carbocycles. The monoisotopic (exact) mass is 484 g/mol. The smallest absolute Gasteiger partial charge is 0.247 e. The Labute approximate surface area is 207 Å². The van der Waals surface area contributed by atoms with Crippen LogP contribution in [0.1, 0.15) is 6.42 Å². The third kappa shape index (κ3) is 5.16. The van der Waals surface area contributed by atoms with E-state index in [0.29, 0.717) is 39.7 Å². The average molecular weight is 485 g/mol. The molecule has 1 aliphatic rings. The molecule has 0 bridgehead atoms. The Morgan fingerprint density at radius 3 is 2.89 bits per heavy atom. The van der Waals surface area contributed by atoms with Crippen LogP contribution < -0.4 is 15.4 Å². The molecule has 0 spiro atoms. The van der Waals surface area contributed by atoms with Crippen LogP contribution in [0.3, 0.4) is 0 Å². The first kappa shape index (κ1) is 23.4. The Bertz CT molecular complexity index is 1440. The molecule has 0 radical (unpaired) electrons. The van der Waals surface area contributed by atoms with Crippen LogP contribution in [-0.4, -0.2) is 52.0 Å². The van der Waals surface area contributed by atoms with E-state index < -0.39 is 0 Å². The third-order valence-corrected chi connectivity index (χ3v) is 5.94. The number of nitrogens with zero attached hydrogens (tertiary/aromatic N) is 4. The van der Waals surface area contributed by atoms with Crippen LogP contribution in [0.5, 0.6) is 5.75 Å². The minimum atomic E-state index is -0.340. The number of carbonyl (C=O) groups excluding carboxylic acids is 1. The molecule has 8 nitrogen and oxygen atoms in total. The third-order valence-electron chi connectivity index (χ3n) is 5.94. The average Bonchev–Trinajstić information content (AvgIpc) is 3.29. The Balaban J connectivity index is 1.45. The van der Waals surface area contributed by atoms with Crippen LogP contribution in [-0.2, 0) is 4.79 Å². The summed E-state index contributed by atoms with van der Waals surface area (Å²) in [6.07, 6.45) is 5.43. The molecule has 2 aromatic carbocycles. The maximum Gasteiger partial charge on any atom is 0.247 e. The van der Waals surface area contributed by atoms with Crippen molar-refractivity contribution >= 4 is 34.3 Å². The molecule has 182 valence electrons. The first-order valence-corrected chi connectivity index (χ1v) is 11.6. The van der Waals surface area contributed by atoms with Gasteiger partial charge in [0.25, 0.3) is 0 Å². The number of nitrogens with one attached hydrogen (secondary N) is 2. The lowest BCUT2D eigenvalue weighted by Gasteiger charge is -2.18. The summed E-state index contributed by atoms with van der Waals surface area (Å²) < 4.78 is 20.0. The van der Waals surface area contributed by atoms with Crippen LogP contribution in [0.25, 0.3) is 22.2 Å². The van der Waals surface area contributed by atoms with E-state index in [1.54, 1.807) is 36.7 Å². The molecule has 9 heteroatoms. The fourth-order valence-corrected chi connectivity index (χ4v) is 4.18. The summed E-state index contributed by atoms with van der Waals surface area (Å²) in [6.45, 7) is 5.32. The first-order chi connectivity index (χ1) is 17.5. The summed E-state index contributed by atoms with van der Waals surface area (Å²) in [5.74, 6) is 0.243. The van der Waals surface area contributed by atoms with Gasteiger partial charge in [0.05, 0.1) is 11.9 Å². The minimum Gasteiger partial charge on any atom is -0.487 e. The molecular formula is C27H25FN6O2. The van der Waals surface area contributed by atoms with Crippen LogP contribution in [0.15, 0.2) is 73.6 Å². The molecule has 5 rings (SSSR count). The number of benzene rings is 2. The predicted molar refractivity (Wildman–Crippen MR) is 138 cm³/mol. The number of aromatic nitrogens is 3. The number of fused-ring (bicyclic) bond motifs is 1. The van der Waals surface area contributed by atoms with E-state index in [9.17, 15) is 9.18 Å². The van der Waals surface area contributed by atoms with E-state index in [1.165, 1.54) is 18.2 Å². The maximum absolute atomic E-state index is 13.8. The van der Waals surface area contributed by atoms with E-state index in [-0.39, 0.29) is 17.8 Å². The summed E-state index contributed by atoms with van der Waals surface area (Å²) in [5, 5.41) is 6.00. The van der Waals surface area contributed by atoms with E-state index >= 15 is 0 Å². The number of halogens is 1. The molecule has 1 saturated heterocycles. The topological polar surface area (TPSA) is 92.3 Å². The highest BCUT2D eigenvalue weighted by atomic mass is 19.1. The molecule has 3 heterocycles. The molecule has 1 amide bonds. The molecule has 2 aromatic heterocycles. The van der Waals surface area contributed by atoms with Crippen LogP contribution in [0.2, 0.25) is 0 Å². The number of carbonyl (C=O) groups is 1. The Hall–Kier alpha value is -4.37. The van der Waals surface area contributed by atoms with E-state index in [2.05, 4.69) is 44.1 Å². The molecule has 0 aliphatic carbocycles. The second-order valence-electron chi connectivity index (χ2n) is 8.62. The highest BCUT2D eigenvalue weighted by Gasteiger charge is 2.22. The lowest BCUT2D eigenvalue weighted by atomic mass is 10.1. The van der Waals surface area contributed by atoms with Gasteiger partial charge < -0.3 is 20.3 Å². The zero-order valence-corrected chi connectivity index (χ0v) is 19.7. The maximum atomic E-state index is 13.8. The molecule has 1 unspecified atom stereocenters. The number of pyridine rings is 1. The van der Waals surface area contributed by atoms with Gasteiger partial charge in [-0.2, -0.15) is 0 Å². The van der Waals surface area contributed by atoms with Gasteiger partial charge in [-0.05, 0) is 61.5 Å². The van der Waals surface area contributed by atoms with Gasteiger partial charge in [-0.1, -0.05) is 18.7 Å². The Morgan fingerprint density at radius 2 is 2.11 bits per heavy atom. The molecule has 2 N–H and O–H groups in total. The van der Waals surface area contributed by atoms with Crippen molar-refractivity contribution in [3.63, 3.8) is 0 Å². The number of anilines is 3. The van der Waals surface area contributed by atoms with E-state index in [0.717, 1.165) is 25.1 Å². The number of hydrogen-bond donors (Lipinski definition) is 2. The molecule has 1 atom stereocenters. The summed E-state index contributed by atoms with van der Waals surface area (Å²) in [4.78, 5) is 27.6. The number of hydrogen-bond acceptors (Lipinski definition) is 7. The number of likely N-dealkylation sites (tertiary alicyclic amines) is 1. The van der Waals surface area contributed by atoms with E-state index in [1.807, 2.05) is 12.1 Å². The van der Waals surface area contributed by atoms with Gasteiger partial charge in [0, 0.05) is 30.5 Å². The van der Waals surface area contributed by atoms with Crippen molar-refractivity contribution in [2.24, 2.45) is 0 Å². The van der Waals surface area contributed by atoms with Crippen molar-refractivity contribution in [1.29, 1.82) is 0 Å². The predicted octanol–water partition coefficient (Wildman–Crippen LogP) is 4.78. The number of amides is 1. The normalized spacial score (nSPS) is 15.6.